The summed E-state index contributed by atoms with van der Waals surface area (Å²) < 4.78 is 17.8. The quantitative estimate of drug-likeness (QED) is 0.451. The zero-order chi connectivity index (χ0) is 20.2. The fourth-order valence-electron chi connectivity index (χ4n) is 3.62. The maximum absolute atomic E-state index is 13.2. The van der Waals surface area contributed by atoms with Crippen molar-refractivity contribution in [1.82, 2.24) is 19.2 Å². The van der Waals surface area contributed by atoms with Crippen LogP contribution in [0.15, 0.2) is 67.3 Å². The van der Waals surface area contributed by atoms with E-state index in [0.717, 1.165) is 43.3 Å². The number of benzene rings is 2. The molecule has 1 saturated heterocycles. The van der Waals surface area contributed by atoms with Crippen LogP contribution in [-0.2, 0) is 13.2 Å². The van der Waals surface area contributed by atoms with E-state index in [2.05, 4.69) is 16.4 Å². The van der Waals surface area contributed by atoms with Crippen LogP contribution in [0, 0.1) is 10.6 Å². The molecular formula is C22H24FN5S. The molecule has 0 unspecified atom stereocenters. The smallest absolute Gasteiger partial charge is 0.199 e. The zero-order valence-corrected chi connectivity index (χ0v) is 17.1. The number of hydrogen-bond donors (Lipinski definition) is 0. The fraction of sp³-hybridized carbons (Fsp3) is 0.273. The Morgan fingerprint density at radius 1 is 1.00 bits per heavy atom. The van der Waals surface area contributed by atoms with E-state index in [1.807, 2.05) is 57.8 Å². The molecule has 29 heavy (non-hydrogen) atoms. The Labute approximate surface area is 175 Å². The van der Waals surface area contributed by atoms with Gasteiger partial charge in [-0.15, -0.1) is 6.58 Å². The number of halogens is 1. The molecule has 3 aromatic rings. The van der Waals surface area contributed by atoms with E-state index in [1.165, 1.54) is 12.1 Å². The van der Waals surface area contributed by atoms with Crippen LogP contribution in [-0.4, -0.2) is 45.4 Å². The zero-order valence-electron chi connectivity index (χ0n) is 16.2. The van der Waals surface area contributed by atoms with Gasteiger partial charge >= 0.3 is 0 Å². The Kier molecular flexibility index (Phi) is 5.87. The normalized spacial score (nSPS) is 14.9. The van der Waals surface area contributed by atoms with E-state index in [9.17, 15) is 4.39 Å². The minimum Gasteiger partial charge on any atom is -0.369 e. The van der Waals surface area contributed by atoms with Crippen LogP contribution in [0.1, 0.15) is 0 Å². The highest BCUT2D eigenvalue weighted by molar-refractivity contribution is 7.71. The van der Waals surface area contributed by atoms with E-state index in [-0.39, 0.29) is 5.82 Å². The Balaban J connectivity index is 1.48. The first-order chi connectivity index (χ1) is 14.2. The first kappa shape index (κ1) is 19.5. The number of nitrogens with zero attached hydrogens (tertiary/aromatic N) is 5. The van der Waals surface area contributed by atoms with Gasteiger partial charge in [0, 0.05) is 44.0 Å². The highest BCUT2D eigenvalue weighted by atomic mass is 32.1. The molecule has 0 aliphatic carbocycles. The molecule has 1 aliphatic heterocycles. The molecule has 1 aromatic heterocycles. The third kappa shape index (κ3) is 4.31. The average Bonchev–Trinajstić information content (AvgIpc) is 3.06. The molecule has 0 N–H and O–H groups in total. The van der Waals surface area contributed by atoms with Crippen molar-refractivity contribution in [3.05, 3.63) is 77.8 Å². The van der Waals surface area contributed by atoms with Gasteiger partial charge in [-0.3, -0.25) is 9.47 Å². The lowest BCUT2D eigenvalue weighted by molar-refractivity contribution is 0.194. The number of rotatable bonds is 6. The lowest BCUT2D eigenvalue weighted by atomic mass is 10.2. The van der Waals surface area contributed by atoms with Crippen molar-refractivity contribution in [3.63, 3.8) is 0 Å². The lowest BCUT2D eigenvalue weighted by Crippen LogP contribution is -2.47. The number of allylic oxidation sites excluding steroid dienone is 1. The number of piperazine rings is 1. The van der Waals surface area contributed by atoms with E-state index >= 15 is 0 Å². The lowest BCUT2D eigenvalue weighted by Gasteiger charge is -2.35. The van der Waals surface area contributed by atoms with E-state index in [0.29, 0.717) is 18.0 Å². The molecule has 5 nitrogen and oxygen atoms in total. The van der Waals surface area contributed by atoms with Crippen molar-refractivity contribution in [2.24, 2.45) is 0 Å². The molecule has 0 amide bonds. The Morgan fingerprint density at radius 2 is 1.69 bits per heavy atom. The molecular weight excluding hydrogens is 385 g/mol. The van der Waals surface area contributed by atoms with E-state index in [1.54, 1.807) is 0 Å². The monoisotopic (exact) mass is 409 g/mol. The molecule has 150 valence electrons. The average molecular weight is 410 g/mol. The van der Waals surface area contributed by atoms with Crippen molar-refractivity contribution < 1.29 is 4.39 Å². The summed E-state index contributed by atoms with van der Waals surface area (Å²) in [6.07, 6.45) is 1.84. The summed E-state index contributed by atoms with van der Waals surface area (Å²) in [4.78, 5) is 4.62. The second-order valence-corrected chi connectivity index (χ2v) is 7.46. The van der Waals surface area contributed by atoms with Gasteiger partial charge in [0.2, 0.25) is 0 Å². The minimum atomic E-state index is -0.203. The van der Waals surface area contributed by atoms with Gasteiger partial charge in [-0.1, -0.05) is 36.4 Å². The highest BCUT2D eigenvalue weighted by Gasteiger charge is 2.19. The van der Waals surface area contributed by atoms with Gasteiger partial charge in [-0.2, -0.15) is 5.10 Å². The molecule has 0 spiro atoms. The Bertz CT molecular complexity index is 1020. The predicted molar refractivity (Wildman–Crippen MR) is 117 cm³/mol. The van der Waals surface area contributed by atoms with Crippen molar-refractivity contribution in [3.8, 4) is 11.4 Å². The first-order valence-electron chi connectivity index (χ1n) is 9.72. The van der Waals surface area contributed by atoms with Crippen LogP contribution in [0.2, 0.25) is 0 Å². The molecule has 1 fully saturated rings. The van der Waals surface area contributed by atoms with Gasteiger partial charge in [-0.05, 0) is 36.5 Å². The molecule has 0 bridgehead atoms. The maximum atomic E-state index is 13.2. The fourth-order valence-corrected chi connectivity index (χ4v) is 3.88. The minimum absolute atomic E-state index is 0.203. The SMILES string of the molecule is C=CCn1c(-c2ccccc2)nn(CN2CCN(c3ccc(F)cc3)CC2)c1=S. The summed E-state index contributed by atoms with van der Waals surface area (Å²) in [5, 5.41) is 4.81. The molecule has 1 aliphatic rings. The summed E-state index contributed by atoms with van der Waals surface area (Å²) in [6.45, 7) is 8.70. The Morgan fingerprint density at radius 3 is 2.34 bits per heavy atom. The van der Waals surface area contributed by atoms with Crippen LogP contribution < -0.4 is 4.90 Å². The molecule has 0 atom stereocenters. The van der Waals surface area contributed by atoms with Gasteiger partial charge in [-0.25, -0.2) is 9.07 Å². The van der Waals surface area contributed by atoms with Crippen LogP contribution in [0.25, 0.3) is 11.4 Å². The largest absolute Gasteiger partial charge is 0.369 e. The van der Waals surface area contributed by atoms with E-state index in [4.69, 9.17) is 17.3 Å². The van der Waals surface area contributed by atoms with Crippen LogP contribution >= 0.6 is 12.2 Å². The van der Waals surface area contributed by atoms with E-state index < -0.39 is 0 Å². The van der Waals surface area contributed by atoms with Crippen LogP contribution in [0.4, 0.5) is 10.1 Å². The summed E-state index contributed by atoms with van der Waals surface area (Å²) >= 11 is 5.70. The second-order valence-electron chi connectivity index (χ2n) is 7.09. The van der Waals surface area contributed by atoms with Crippen molar-refractivity contribution in [2.75, 3.05) is 31.1 Å². The maximum Gasteiger partial charge on any atom is 0.199 e. The van der Waals surface area contributed by atoms with Gasteiger partial charge < -0.3 is 4.90 Å². The highest BCUT2D eigenvalue weighted by Crippen LogP contribution is 2.20. The molecule has 2 aromatic carbocycles. The molecule has 2 heterocycles. The molecule has 4 rings (SSSR count). The summed E-state index contributed by atoms with van der Waals surface area (Å²) in [7, 11) is 0. The standard InChI is InChI=1S/C22H24FN5S/c1-2-12-27-21(18-6-4-3-5-7-18)24-28(22(27)29)17-25-13-15-26(16-14-25)20-10-8-19(23)9-11-20/h2-11H,1,12-17H2. The van der Waals surface area contributed by atoms with Gasteiger partial charge in [0.05, 0.1) is 6.67 Å². The van der Waals surface area contributed by atoms with Gasteiger partial charge in [0.15, 0.2) is 10.6 Å². The second kappa shape index (κ2) is 8.71. The van der Waals surface area contributed by atoms with Crippen molar-refractivity contribution in [2.45, 2.75) is 13.2 Å². The van der Waals surface area contributed by atoms with Crippen molar-refractivity contribution >= 4 is 17.9 Å². The van der Waals surface area contributed by atoms with Crippen molar-refractivity contribution in [1.29, 1.82) is 0 Å². The molecule has 7 heteroatoms. The summed E-state index contributed by atoms with van der Waals surface area (Å²) in [6, 6.07) is 16.8. The van der Waals surface area contributed by atoms with Crippen LogP contribution in [0.5, 0.6) is 0 Å². The number of anilines is 1. The third-order valence-corrected chi connectivity index (χ3v) is 5.60. The molecule has 0 radical (unpaired) electrons. The van der Waals surface area contributed by atoms with Gasteiger partial charge in [0.25, 0.3) is 0 Å². The number of aromatic nitrogens is 3. The Hall–Kier alpha value is -2.77. The summed E-state index contributed by atoms with van der Waals surface area (Å²) in [5.74, 6) is 0.659. The van der Waals surface area contributed by atoms with Crippen LogP contribution in [0.3, 0.4) is 0 Å². The summed E-state index contributed by atoms with van der Waals surface area (Å²) in [5.41, 5.74) is 2.10. The third-order valence-electron chi connectivity index (χ3n) is 5.16. The van der Waals surface area contributed by atoms with Gasteiger partial charge in [0.1, 0.15) is 5.82 Å². The first-order valence-corrected chi connectivity index (χ1v) is 10.1. The predicted octanol–water partition coefficient (Wildman–Crippen LogP) is 4.19. The topological polar surface area (TPSA) is 29.2 Å². The number of hydrogen-bond acceptors (Lipinski definition) is 4. The molecule has 0 saturated carbocycles.